The molecular formula is C35H52ClN7O2S. The van der Waals surface area contributed by atoms with Crippen LogP contribution in [0.5, 0.6) is 0 Å². The van der Waals surface area contributed by atoms with E-state index in [1.807, 2.05) is 53.8 Å². The molecule has 2 aliphatic heterocycles. The number of thioether (sulfide) groups is 1. The summed E-state index contributed by atoms with van der Waals surface area (Å²) in [5.74, 6) is 2.21. The first-order valence-electron chi connectivity index (χ1n) is 16.8. The van der Waals surface area contributed by atoms with E-state index >= 15 is 0 Å². The van der Waals surface area contributed by atoms with E-state index in [9.17, 15) is 9.59 Å². The van der Waals surface area contributed by atoms with E-state index in [4.69, 9.17) is 16.6 Å². The molecule has 6 rings (SSSR count). The van der Waals surface area contributed by atoms with Crippen LogP contribution in [0.3, 0.4) is 0 Å². The standard InChI is InChI=1S/C28H35ClN4O2S.C3H5N3.2C2H6/c1-4-32(28(29)35)25-14-21(20-10-18(2)11-20)15-26(30-25)33-17-23-22(27(33)34)12-19(13-24(23)36-3)16-31-8-6-5-7-9-31;1-6-2-4-5-3-6;2*1-2/h12-15,18,20H,4-11,16-17H2,1-3H3;2-3H,1H3;2*1-2H3. The topological polar surface area (TPSA) is 87.5 Å². The number of amides is 2. The molecular weight excluding hydrogens is 618 g/mol. The Labute approximate surface area is 285 Å². The first-order valence-corrected chi connectivity index (χ1v) is 18.4. The lowest BCUT2D eigenvalue weighted by molar-refractivity contribution is 0.0995. The lowest BCUT2D eigenvalue weighted by Gasteiger charge is -2.34. The number of anilines is 2. The fourth-order valence-corrected chi connectivity index (χ4v) is 7.00. The molecule has 4 heterocycles. The summed E-state index contributed by atoms with van der Waals surface area (Å²) in [6.45, 7) is 16.2. The van der Waals surface area contributed by atoms with Crippen molar-refractivity contribution in [2.75, 3.05) is 35.7 Å². The largest absolute Gasteiger partial charge is 0.323 e. The van der Waals surface area contributed by atoms with Crippen molar-refractivity contribution in [2.24, 2.45) is 13.0 Å². The minimum atomic E-state index is -0.557. The Balaban J connectivity index is 0.000000503. The van der Waals surface area contributed by atoms with Gasteiger partial charge >= 0.3 is 5.37 Å². The van der Waals surface area contributed by atoms with Crippen LogP contribution in [0.4, 0.5) is 16.4 Å². The molecule has 1 aliphatic carbocycles. The normalized spacial score (nSPS) is 18.5. The molecule has 9 nitrogen and oxygen atoms in total. The monoisotopic (exact) mass is 669 g/mol. The Hall–Kier alpha value is -2.95. The molecule has 1 saturated heterocycles. The molecule has 11 heteroatoms. The second-order valence-corrected chi connectivity index (χ2v) is 12.7. The zero-order valence-electron chi connectivity index (χ0n) is 28.9. The number of likely N-dealkylation sites (tertiary alicyclic amines) is 1. The average molecular weight is 670 g/mol. The summed E-state index contributed by atoms with van der Waals surface area (Å²) in [4.78, 5) is 37.6. The molecule has 0 spiro atoms. The smallest absolute Gasteiger partial charge is 0.321 e. The van der Waals surface area contributed by atoms with Gasteiger partial charge in [-0.15, -0.1) is 22.0 Å². The van der Waals surface area contributed by atoms with Crippen molar-refractivity contribution < 1.29 is 9.59 Å². The predicted molar refractivity (Wildman–Crippen MR) is 191 cm³/mol. The Kier molecular flexibility index (Phi) is 15.0. The van der Waals surface area contributed by atoms with Crippen molar-refractivity contribution in [3.8, 4) is 0 Å². The molecule has 3 aromatic rings. The van der Waals surface area contributed by atoms with Gasteiger partial charge in [-0.05, 0) is 116 Å². The number of aryl methyl sites for hydroxylation is 1. The van der Waals surface area contributed by atoms with Gasteiger partial charge in [-0.3, -0.25) is 24.3 Å². The highest BCUT2D eigenvalue weighted by molar-refractivity contribution is 7.98. The maximum Gasteiger partial charge on any atom is 0.321 e. The number of benzene rings is 1. The number of piperidine rings is 1. The van der Waals surface area contributed by atoms with Crippen LogP contribution in [-0.4, -0.2) is 61.8 Å². The van der Waals surface area contributed by atoms with E-state index in [1.54, 1.807) is 33.9 Å². The number of carbonyl (C=O) groups excluding carboxylic acids is 2. The molecule has 0 N–H and O–H groups in total. The van der Waals surface area contributed by atoms with E-state index in [1.165, 1.54) is 29.7 Å². The van der Waals surface area contributed by atoms with Crippen LogP contribution in [0, 0.1) is 5.92 Å². The van der Waals surface area contributed by atoms with Crippen LogP contribution in [0.25, 0.3) is 0 Å². The number of aromatic nitrogens is 4. The Morgan fingerprint density at radius 1 is 1.02 bits per heavy atom. The molecule has 2 fully saturated rings. The zero-order valence-corrected chi connectivity index (χ0v) is 30.5. The summed E-state index contributed by atoms with van der Waals surface area (Å²) >= 11 is 7.59. The van der Waals surface area contributed by atoms with E-state index < -0.39 is 5.37 Å². The molecule has 2 aromatic heterocycles. The van der Waals surface area contributed by atoms with Crippen LogP contribution in [-0.2, 0) is 20.1 Å². The minimum absolute atomic E-state index is 0.0152. The van der Waals surface area contributed by atoms with Gasteiger partial charge in [-0.1, -0.05) is 41.0 Å². The summed E-state index contributed by atoms with van der Waals surface area (Å²) < 4.78 is 1.78. The summed E-state index contributed by atoms with van der Waals surface area (Å²) in [5, 5.41) is 6.51. The van der Waals surface area contributed by atoms with Gasteiger partial charge in [0.1, 0.15) is 24.3 Å². The van der Waals surface area contributed by atoms with E-state index in [0.29, 0.717) is 36.6 Å². The Bertz CT molecular complexity index is 1410. The fourth-order valence-electron chi connectivity index (χ4n) is 6.10. The van der Waals surface area contributed by atoms with Crippen LogP contribution in [0.2, 0.25) is 0 Å². The number of rotatable bonds is 7. The summed E-state index contributed by atoms with van der Waals surface area (Å²) in [5.41, 5.74) is 4.18. The van der Waals surface area contributed by atoms with E-state index in [2.05, 4.69) is 40.4 Å². The molecule has 1 aromatic carbocycles. The number of hydrogen-bond acceptors (Lipinski definition) is 7. The van der Waals surface area contributed by atoms with Gasteiger partial charge < -0.3 is 4.57 Å². The van der Waals surface area contributed by atoms with Crippen LogP contribution >= 0.6 is 23.4 Å². The van der Waals surface area contributed by atoms with Gasteiger partial charge in [0.2, 0.25) is 0 Å². The number of nitrogens with zero attached hydrogens (tertiary/aromatic N) is 7. The minimum Gasteiger partial charge on any atom is -0.323 e. The maximum absolute atomic E-state index is 13.8. The summed E-state index contributed by atoms with van der Waals surface area (Å²) in [7, 11) is 1.88. The highest BCUT2D eigenvalue weighted by Gasteiger charge is 2.34. The van der Waals surface area contributed by atoms with Crippen molar-refractivity contribution in [3.63, 3.8) is 0 Å². The van der Waals surface area contributed by atoms with Crippen LogP contribution in [0.1, 0.15) is 107 Å². The number of fused-ring (bicyclic) bond motifs is 1. The Morgan fingerprint density at radius 3 is 2.20 bits per heavy atom. The van der Waals surface area contributed by atoms with Crippen LogP contribution < -0.4 is 9.80 Å². The van der Waals surface area contributed by atoms with Gasteiger partial charge in [0, 0.05) is 30.6 Å². The summed E-state index contributed by atoms with van der Waals surface area (Å²) in [6.07, 6.45) is 11.4. The summed E-state index contributed by atoms with van der Waals surface area (Å²) in [6, 6.07) is 8.36. The molecule has 0 radical (unpaired) electrons. The second kappa shape index (κ2) is 18.4. The Morgan fingerprint density at radius 2 is 1.67 bits per heavy atom. The van der Waals surface area contributed by atoms with E-state index in [-0.39, 0.29) is 5.91 Å². The van der Waals surface area contributed by atoms with Gasteiger partial charge in [0.05, 0.1) is 6.54 Å². The molecule has 252 valence electrons. The van der Waals surface area contributed by atoms with Gasteiger partial charge in [0.15, 0.2) is 0 Å². The second-order valence-electron chi connectivity index (χ2n) is 11.6. The van der Waals surface area contributed by atoms with Crippen molar-refractivity contribution >= 4 is 46.3 Å². The molecule has 46 heavy (non-hydrogen) atoms. The van der Waals surface area contributed by atoms with E-state index in [0.717, 1.165) is 54.1 Å². The third-order valence-electron chi connectivity index (χ3n) is 8.42. The van der Waals surface area contributed by atoms with Crippen molar-refractivity contribution in [2.45, 2.75) is 97.5 Å². The van der Waals surface area contributed by atoms with Gasteiger partial charge in [0.25, 0.3) is 5.91 Å². The molecule has 0 unspecified atom stereocenters. The average Bonchev–Trinajstić information content (AvgIpc) is 3.68. The molecule has 1 saturated carbocycles. The fraction of sp³-hybridized carbons (Fsp3) is 0.571. The quantitative estimate of drug-likeness (QED) is 0.142. The third-order valence-corrected chi connectivity index (χ3v) is 9.43. The molecule has 2 amide bonds. The highest BCUT2D eigenvalue weighted by atomic mass is 35.5. The number of carbonyl (C=O) groups is 2. The van der Waals surface area contributed by atoms with Crippen molar-refractivity contribution in [1.29, 1.82) is 0 Å². The molecule has 0 atom stereocenters. The third kappa shape index (κ3) is 9.32. The lowest BCUT2D eigenvalue weighted by Crippen LogP contribution is -2.30. The zero-order chi connectivity index (χ0) is 33.8. The van der Waals surface area contributed by atoms with Gasteiger partial charge in [-0.25, -0.2) is 4.98 Å². The molecule has 0 bridgehead atoms. The van der Waals surface area contributed by atoms with Crippen LogP contribution in [0.15, 0.2) is 41.8 Å². The first-order chi connectivity index (χ1) is 22.3. The predicted octanol–water partition coefficient (Wildman–Crippen LogP) is 8.52. The maximum atomic E-state index is 13.8. The van der Waals surface area contributed by atoms with Gasteiger partial charge in [-0.2, -0.15) is 0 Å². The van der Waals surface area contributed by atoms with Crippen molar-refractivity contribution in [3.05, 3.63) is 59.2 Å². The number of halogens is 1. The molecule has 3 aliphatic rings. The lowest BCUT2D eigenvalue weighted by atomic mass is 9.72. The SMILES string of the molecule is CC.CC.CCN(C(=O)Cl)c1cc(C2CC(C)C2)cc(N2Cc3c(SC)cc(CN4CCCCC4)cc3C2=O)n1.Cn1cnnc1. The highest BCUT2D eigenvalue weighted by Crippen LogP contribution is 2.44. The number of pyridine rings is 1. The number of hydrogen-bond donors (Lipinski definition) is 0. The first kappa shape index (κ1) is 37.5. The van der Waals surface area contributed by atoms with Crippen molar-refractivity contribution in [1.82, 2.24) is 24.6 Å².